The van der Waals surface area contributed by atoms with Gasteiger partial charge in [-0.25, -0.2) is 0 Å². The lowest BCUT2D eigenvalue weighted by Crippen LogP contribution is -2.56. The van der Waals surface area contributed by atoms with Crippen molar-refractivity contribution in [3.05, 3.63) is 0 Å². The van der Waals surface area contributed by atoms with Crippen molar-refractivity contribution >= 4 is 0 Å². The van der Waals surface area contributed by atoms with Crippen LogP contribution in [0.4, 0.5) is 0 Å². The second-order valence-electron chi connectivity index (χ2n) is 4.92. The molecule has 1 aliphatic rings. The maximum atomic E-state index is 9.59. The number of rotatable bonds is 9. The fraction of sp³-hybridized carbons (Fsp3) is 1.00. The molecule has 0 aliphatic heterocycles. The van der Waals surface area contributed by atoms with Gasteiger partial charge in [0, 0.05) is 26.8 Å². The van der Waals surface area contributed by atoms with E-state index < -0.39 is 0 Å². The van der Waals surface area contributed by atoms with Crippen LogP contribution in [-0.2, 0) is 4.74 Å². The summed E-state index contributed by atoms with van der Waals surface area (Å²) < 4.78 is 5.04. The molecule has 16 heavy (non-hydrogen) atoms. The van der Waals surface area contributed by atoms with E-state index in [0.717, 1.165) is 26.1 Å². The molecule has 96 valence electrons. The highest BCUT2D eigenvalue weighted by atomic mass is 16.5. The van der Waals surface area contributed by atoms with Crippen LogP contribution in [0.2, 0.25) is 0 Å². The number of hydrogen-bond acceptors (Lipinski definition) is 4. The second-order valence-corrected chi connectivity index (χ2v) is 4.92. The van der Waals surface area contributed by atoms with Gasteiger partial charge < -0.3 is 20.1 Å². The summed E-state index contributed by atoms with van der Waals surface area (Å²) in [6.45, 7) is 2.96. The van der Waals surface area contributed by atoms with Gasteiger partial charge in [-0.15, -0.1) is 0 Å². The summed E-state index contributed by atoms with van der Waals surface area (Å²) in [6.07, 6.45) is 3.53. The number of nitrogens with zero attached hydrogens (tertiary/aromatic N) is 1. The molecule has 0 saturated heterocycles. The molecule has 1 aliphatic carbocycles. The standard InChI is InChI=1S/C12H26N2O2/c1-13-12(10-15,11-5-6-11)9-14(2)7-4-8-16-3/h11,13,15H,4-10H2,1-3H3. The van der Waals surface area contributed by atoms with Gasteiger partial charge in [0.15, 0.2) is 0 Å². The molecule has 1 saturated carbocycles. The lowest BCUT2D eigenvalue weighted by atomic mass is 9.93. The minimum Gasteiger partial charge on any atom is -0.394 e. The Morgan fingerprint density at radius 3 is 2.62 bits per heavy atom. The van der Waals surface area contributed by atoms with E-state index in [9.17, 15) is 5.11 Å². The molecule has 0 aromatic rings. The van der Waals surface area contributed by atoms with Crippen molar-refractivity contribution in [1.29, 1.82) is 0 Å². The lowest BCUT2D eigenvalue weighted by molar-refractivity contribution is 0.102. The van der Waals surface area contributed by atoms with Crippen LogP contribution >= 0.6 is 0 Å². The Balaban J connectivity index is 2.35. The van der Waals surface area contributed by atoms with Crippen LogP contribution in [-0.4, -0.2) is 63.1 Å². The average Bonchev–Trinajstić information content (AvgIpc) is 3.11. The molecule has 1 atom stereocenters. The number of ether oxygens (including phenoxy) is 1. The number of nitrogens with one attached hydrogen (secondary N) is 1. The van der Waals surface area contributed by atoms with Crippen molar-refractivity contribution in [2.45, 2.75) is 24.8 Å². The Labute approximate surface area is 99.0 Å². The summed E-state index contributed by atoms with van der Waals surface area (Å²) >= 11 is 0. The van der Waals surface area contributed by atoms with Crippen molar-refractivity contribution < 1.29 is 9.84 Å². The SMILES string of the molecule is CNC(CO)(CN(C)CCCOC)C1CC1. The molecule has 0 bridgehead atoms. The largest absolute Gasteiger partial charge is 0.394 e. The van der Waals surface area contributed by atoms with Crippen molar-refractivity contribution in [2.24, 2.45) is 5.92 Å². The van der Waals surface area contributed by atoms with E-state index in [2.05, 4.69) is 17.3 Å². The first-order valence-electron chi connectivity index (χ1n) is 6.16. The topological polar surface area (TPSA) is 44.7 Å². The summed E-state index contributed by atoms with van der Waals surface area (Å²) in [7, 11) is 5.80. The van der Waals surface area contributed by atoms with E-state index in [4.69, 9.17) is 4.74 Å². The van der Waals surface area contributed by atoms with Crippen LogP contribution in [0.1, 0.15) is 19.3 Å². The fourth-order valence-corrected chi connectivity index (χ4v) is 2.35. The number of aliphatic hydroxyl groups is 1. The zero-order chi connectivity index (χ0) is 12.0. The highest BCUT2D eigenvalue weighted by Gasteiger charge is 2.44. The molecule has 1 rings (SSSR count). The predicted octanol–water partition coefficient (Wildman–Crippen LogP) is 0.315. The quantitative estimate of drug-likeness (QED) is 0.560. The van der Waals surface area contributed by atoms with Gasteiger partial charge in [-0.2, -0.15) is 0 Å². The van der Waals surface area contributed by atoms with Crippen LogP contribution in [0.25, 0.3) is 0 Å². The Kier molecular flexibility index (Phi) is 5.69. The normalized spacial score (nSPS) is 20.1. The fourth-order valence-electron chi connectivity index (χ4n) is 2.35. The monoisotopic (exact) mass is 230 g/mol. The average molecular weight is 230 g/mol. The summed E-state index contributed by atoms with van der Waals surface area (Å²) in [6, 6.07) is 0. The maximum absolute atomic E-state index is 9.59. The van der Waals surface area contributed by atoms with Crippen LogP contribution in [0.15, 0.2) is 0 Å². The number of likely N-dealkylation sites (N-methyl/N-ethyl adjacent to an activating group) is 2. The molecule has 0 heterocycles. The smallest absolute Gasteiger partial charge is 0.0628 e. The summed E-state index contributed by atoms with van der Waals surface area (Å²) in [5, 5.41) is 12.9. The van der Waals surface area contributed by atoms with E-state index >= 15 is 0 Å². The second kappa shape index (κ2) is 6.55. The molecule has 1 unspecified atom stereocenters. The van der Waals surface area contributed by atoms with Gasteiger partial charge in [-0.1, -0.05) is 0 Å². The summed E-state index contributed by atoms with van der Waals surface area (Å²) in [4.78, 5) is 2.28. The molecular weight excluding hydrogens is 204 g/mol. The Bertz CT molecular complexity index is 191. The Morgan fingerprint density at radius 2 is 2.19 bits per heavy atom. The summed E-state index contributed by atoms with van der Waals surface area (Å²) in [5.41, 5.74) is -0.0954. The van der Waals surface area contributed by atoms with E-state index in [1.165, 1.54) is 12.8 Å². The van der Waals surface area contributed by atoms with Crippen LogP contribution < -0.4 is 5.32 Å². The third-order valence-electron chi connectivity index (χ3n) is 3.58. The minimum atomic E-state index is -0.0954. The Morgan fingerprint density at radius 1 is 1.50 bits per heavy atom. The molecule has 2 N–H and O–H groups in total. The number of aliphatic hydroxyl groups excluding tert-OH is 1. The highest BCUT2D eigenvalue weighted by Crippen LogP contribution is 2.39. The molecular formula is C12H26N2O2. The number of methoxy groups -OCH3 is 1. The summed E-state index contributed by atoms with van der Waals surface area (Å²) in [5.74, 6) is 0.646. The maximum Gasteiger partial charge on any atom is 0.0628 e. The van der Waals surface area contributed by atoms with Gasteiger partial charge in [-0.05, 0) is 39.3 Å². The molecule has 4 nitrogen and oxygen atoms in total. The van der Waals surface area contributed by atoms with E-state index in [0.29, 0.717) is 5.92 Å². The molecule has 1 fully saturated rings. The van der Waals surface area contributed by atoms with Gasteiger partial charge in [-0.3, -0.25) is 0 Å². The van der Waals surface area contributed by atoms with Crippen LogP contribution in [0, 0.1) is 5.92 Å². The van der Waals surface area contributed by atoms with Crippen molar-refractivity contribution in [1.82, 2.24) is 10.2 Å². The zero-order valence-corrected chi connectivity index (χ0v) is 10.8. The third kappa shape index (κ3) is 3.70. The van der Waals surface area contributed by atoms with Gasteiger partial charge in [0.1, 0.15) is 0 Å². The van der Waals surface area contributed by atoms with Crippen molar-refractivity contribution in [3.8, 4) is 0 Å². The van der Waals surface area contributed by atoms with Gasteiger partial charge in [0.25, 0.3) is 0 Å². The first-order chi connectivity index (χ1) is 7.68. The van der Waals surface area contributed by atoms with E-state index in [-0.39, 0.29) is 12.1 Å². The zero-order valence-electron chi connectivity index (χ0n) is 10.8. The Hall–Kier alpha value is -0.160. The predicted molar refractivity (Wildman–Crippen MR) is 65.6 cm³/mol. The first-order valence-corrected chi connectivity index (χ1v) is 6.16. The number of hydrogen-bond donors (Lipinski definition) is 2. The van der Waals surface area contributed by atoms with Crippen molar-refractivity contribution in [2.75, 3.05) is 47.5 Å². The molecule has 4 heteroatoms. The molecule has 0 aromatic carbocycles. The van der Waals surface area contributed by atoms with Crippen LogP contribution in [0.3, 0.4) is 0 Å². The van der Waals surface area contributed by atoms with E-state index in [1.807, 2.05) is 7.05 Å². The van der Waals surface area contributed by atoms with Crippen molar-refractivity contribution in [3.63, 3.8) is 0 Å². The molecule has 0 spiro atoms. The van der Waals surface area contributed by atoms with Gasteiger partial charge >= 0.3 is 0 Å². The van der Waals surface area contributed by atoms with E-state index in [1.54, 1.807) is 7.11 Å². The first kappa shape index (κ1) is 13.9. The highest BCUT2D eigenvalue weighted by molar-refractivity contribution is 5.01. The van der Waals surface area contributed by atoms with Crippen LogP contribution in [0.5, 0.6) is 0 Å². The lowest BCUT2D eigenvalue weighted by Gasteiger charge is -2.36. The molecule has 0 aromatic heterocycles. The minimum absolute atomic E-state index is 0.0954. The molecule has 0 amide bonds. The van der Waals surface area contributed by atoms with Gasteiger partial charge in [0.2, 0.25) is 0 Å². The third-order valence-corrected chi connectivity index (χ3v) is 3.58. The molecule has 0 radical (unpaired) electrons. The van der Waals surface area contributed by atoms with Gasteiger partial charge in [0.05, 0.1) is 12.1 Å².